The Hall–Kier alpha value is -3.23. The number of ether oxygens (including phenoxy) is 2. The predicted molar refractivity (Wildman–Crippen MR) is 129 cm³/mol. The van der Waals surface area contributed by atoms with Gasteiger partial charge in [0.1, 0.15) is 0 Å². The maximum Gasteiger partial charge on any atom is 0.316 e. The number of anilines is 1. The largest absolute Gasteiger partial charge is 0.465 e. The van der Waals surface area contributed by atoms with Crippen LogP contribution in [-0.4, -0.2) is 46.3 Å². The van der Waals surface area contributed by atoms with Crippen LogP contribution in [0.4, 0.5) is 5.69 Å². The number of amides is 1. The van der Waals surface area contributed by atoms with E-state index >= 15 is 0 Å². The Morgan fingerprint density at radius 3 is 2.26 bits per heavy atom. The van der Waals surface area contributed by atoms with Gasteiger partial charge >= 0.3 is 5.97 Å². The van der Waals surface area contributed by atoms with Gasteiger partial charge in [-0.2, -0.15) is 0 Å². The van der Waals surface area contributed by atoms with Crippen LogP contribution >= 0.6 is 0 Å². The van der Waals surface area contributed by atoms with Gasteiger partial charge in [0.25, 0.3) is 11.7 Å². The monoisotopic (exact) mass is 480 g/mol. The number of carbonyl (C=O) groups is 3. The molecule has 1 aliphatic carbocycles. The van der Waals surface area contributed by atoms with Crippen LogP contribution in [0.1, 0.15) is 67.6 Å². The van der Waals surface area contributed by atoms with Gasteiger partial charge in [-0.1, -0.05) is 30.3 Å². The Labute approximate surface area is 205 Å². The number of aliphatic hydroxyl groups excluding tert-OH is 1. The molecule has 1 unspecified atom stereocenters. The molecule has 0 spiro atoms. The first-order valence-corrected chi connectivity index (χ1v) is 11.9. The van der Waals surface area contributed by atoms with Crippen molar-refractivity contribution < 1.29 is 29.0 Å². The van der Waals surface area contributed by atoms with Crippen molar-refractivity contribution in [1.29, 1.82) is 0 Å². The normalized spacial score (nSPS) is 16.9. The molecule has 8 nitrogen and oxygen atoms in total. The van der Waals surface area contributed by atoms with E-state index in [1.54, 1.807) is 45.9 Å². The van der Waals surface area contributed by atoms with Crippen LogP contribution in [0.15, 0.2) is 42.5 Å². The molecule has 186 valence electrons. The average molecular weight is 481 g/mol. The minimum atomic E-state index is -1.40. The second-order valence-electron chi connectivity index (χ2n) is 10.0. The van der Waals surface area contributed by atoms with Gasteiger partial charge in [0, 0.05) is 18.8 Å². The highest BCUT2D eigenvalue weighted by molar-refractivity contribution is 6.44. The number of hydrogen-bond donors (Lipinski definition) is 2. The summed E-state index contributed by atoms with van der Waals surface area (Å²) in [7, 11) is 0. The molecule has 1 aliphatic heterocycles. The zero-order chi connectivity index (χ0) is 25.4. The molecule has 35 heavy (non-hydrogen) atoms. The topological polar surface area (TPSA) is 105 Å². The molecule has 1 saturated carbocycles. The molecule has 4 rings (SSSR count). The molecular weight excluding hydrogens is 448 g/mol. The Bertz CT molecular complexity index is 1120. The Morgan fingerprint density at radius 1 is 1.09 bits per heavy atom. The first kappa shape index (κ1) is 24.9. The highest BCUT2D eigenvalue weighted by Crippen LogP contribution is 2.50. The maximum absolute atomic E-state index is 13.5. The number of hydrogen-bond acceptors (Lipinski definition) is 7. The number of Topliss-reactive ketones (excluding diaryl/α,β-unsaturated/α-hetero) is 1. The number of benzene rings is 2. The number of esters is 1. The molecule has 2 N–H and O–H groups in total. The number of aliphatic hydroxyl groups is 1. The van der Waals surface area contributed by atoms with Crippen molar-refractivity contribution in [3.8, 4) is 0 Å². The molecule has 1 heterocycles. The van der Waals surface area contributed by atoms with Crippen LogP contribution in [0.25, 0.3) is 0 Å². The average Bonchev–Trinajstić information content (AvgIpc) is 3.49. The summed E-state index contributed by atoms with van der Waals surface area (Å²) >= 11 is 0. The van der Waals surface area contributed by atoms with Crippen LogP contribution in [0.2, 0.25) is 0 Å². The van der Waals surface area contributed by atoms with Gasteiger partial charge in [-0.05, 0) is 69.4 Å². The molecule has 0 aromatic heterocycles. The van der Waals surface area contributed by atoms with E-state index in [9.17, 15) is 19.5 Å². The summed E-state index contributed by atoms with van der Waals surface area (Å²) in [6, 6.07) is 12.6. The van der Waals surface area contributed by atoms with Crippen LogP contribution < -0.4 is 5.32 Å². The van der Waals surface area contributed by atoms with Crippen LogP contribution in [0, 0.1) is 0 Å². The lowest BCUT2D eigenvalue weighted by atomic mass is 9.92. The molecule has 0 saturated heterocycles. The van der Waals surface area contributed by atoms with Crippen LogP contribution in [-0.2, 0) is 37.6 Å². The van der Waals surface area contributed by atoms with E-state index in [0.29, 0.717) is 31.5 Å². The highest BCUT2D eigenvalue weighted by atomic mass is 16.6. The van der Waals surface area contributed by atoms with Crippen LogP contribution in [0.3, 0.4) is 0 Å². The summed E-state index contributed by atoms with van der Waals surface area (Å²) in [5.74, 6) is -1.70. The maximum atomic E-state index is 13.5. The van der Waals surface area contributed by atoms with Crippen molar-refractivity contribution in [3.05, 3.63) is 64.7 Å². The first-order valence-electron chi connectivity index (χ1n) is 11.9. The molecule has 2 aromatic carbocycles. The lowest BCUT2D eigenvalue weighted by Crippen LogP contribution is -2.35. The fourth-order valence-electron chi connectivity index (χ4n) is 4.39. The third-order valence-corrected chi connectivity index (χ3v) is 6.30. The SMILES string of the molecule is CCOC(=O)C1(c2ccc(NC(O)OC(C)(C)C)c(C(=O)C(=O)N3Cc4ccccc4C3)c2)CC1. The number of ketones is 1. The van der Waals surface area contributed by atoms with Crippen molar-refractivity contribution in [2.75, 3.05) is 11.9 Å². The van der Waals surface area contributed by atoms with E-state index in [4.69, 9.17) is 9.47 Å². The molecule has 0 bridgehead atoms. The van der Waals surface area contributed by atoms with E-state index in [-0.39, 0.29) is 23.8 Å². The number of fused-ring (bicyclic) bond motifs is 1. The number of rotatable bonds is 8. The zero-order valence-corrected chi connectivity index (χ0v) is 20.6. The van der Waals surface area contributed by atoms with Crippen molar-refractivity contribution in [2.24, 2.45) is 0 Å². The van der Waals surface area contributed by atoms with E-state index in [2.05, 4.69) is 5.32 Å². The standard InChI is InChI=1S/C27H32N2O6/c1-5-34-24(32)27(12-13-27)19-10-11-21(28-25(33)35-26(2,3)4)20(14-19)22(30)23(31)29-15-17-8-6-7-9-18(17)16-29/h6-11,14,25,28,33H,5,12-13,15-16H2,1-4H3. The second kappa shape index (κ2) is 9.43. The summed E-state index contributed by atoms with van der Waals surface area (Å²) in [4.78, 5) is 40.9. The van der Waals surface area contributed by atoms with Crippen LogP contribution in [0.5, 0.6) is 0 Å². The third-order valence-electron chi connectivity index (χ3n) is 6.30. The smallest absolute Gasteiger partial charge is 0.316 e. The van der Waals surface area contributed by atoms with E-state index in [0.717, 1.165) is 11.1 Å². The van der Waals surface area contributed by atoms with Gasteiger partial charge in [-0.25, -0.2) is 0 Å². The predicted octanol–water partition coefficient (Wildman–Crippen LogP) is 3.51. The summed E-state index contributed by atoms with van der Waals surface area (Å²) in [6.45, 7) is 8.08. The van der Waals surface area contributed by atoms with Crippen molar-refractivity contribution in [2.45, 2.75) is 71.1 Å². The minimum absolute atomic E-state index is 0.0792. The highest BCUT2D eigenvalue weighted by Gasteiger charge is 2.53. The fraction of sp³-hybridized carbons (Fsp3) is 0.444. The quantitative estimate of drug-likeness (QED) is 0.258. The van der Waals surface area contributed by atoms with Crippen molar-refractivity contribution >= 4 is 23.3 Å². The lowest BCUT2D eigenvalue weighted by molar-refractivity contribution is -0.149. The number of carbonyl (C=O) groups excluding carboxylic acids is 3. The molecule has 0 radical (unpaired) electrons. The molecule has 1 atom stereocenters. The van der Waals surface area contributed by atoms with Crippen molar-refractivity contribution in [1.82, 2.24) is 4.90 Å². The lowest BCUT2D eigenvalue weighted by Gasteiger charge is -2.26. The molecule has 8 heteroatoms. The van der Waals surface area contributed by atoms with Gasteiger partial charge in [0.15, 0.2) is 0 Å². The summed E-state index contributed by atoms with van der Waals surface area (Å²) in [5, 5.41) is 13.2. The number of nitrogens with zero attached hydrogens (tertiary/aromatic N) is 1. The van der Waals surface area contributed by atoms with E-state index in [1.165, 1.54) is 4.90 Å². The first-order chi connectivity index (χ1) is 16.5. The summed E-state index contributed by atoms with van der Waals surface area (Å²) in [6.07, 6.45) is -0.187. The molecule has 1 fully saturated rings. The molecular formula is C27H32N2O6. The Morgan fingerprint density at radius 2 is 1.71 bits per heavy atom. The van der Waals surface area contributed by atoms with Gasteiger partial charge in [0.05, 0.1) is 23.2 Å². The fourth-order valence-corrected chi connectivity index (χ4v) is 4.39. The third kappa shape index (κ3) is 5.23. The summed E-state index contributed by atoms with van der Waals surface area (Å²) in [5.41, 5.74) is 1.51. The molecule has 2 aromatic rings. The summed E-state index contributed by atoms with van der Waals surface area (Å²) < 4.78 is 10.8. The number of nitrogens with one attached hydrogen (secondary N) is 1. The van der Waals surface area contributed by atoms with Crippen molar-refractivity contribution in [3.63, 3.8) is 0 Å². The molecule has 1 amide bonds. The van der Waals surface area contributed by atoms with E-state index < -0.39 is 29.1 Å². The van der Waals surface area contributed by atoms with Gasteiger partial charge < -0.3 is 24.8 Å². The Kier molecular flexibility index (Phi) is 6.71. The van der Waals surface area contributed by atoms with Gasteiger partial charge in [-0.15, -0.1) is 0 Å². The van der Waals surface area contributed by atoms with Gasteiger partial charge in [-0.3, -0.25) is 14.4 Å². The second-order valence-corrected chi connectivity index (χ2v) is 10.0. The molecule has 2 aliphatic rings. The minimum Gasteiger partial charge on any atom is -0.465 e. The van der Waals surface area contributed by atoms with Gasteiger partial charge in [0.2, 0.25) is 6.41 Å². The zero-order valence-electron chi connectivity index (χ0n) is 20.6. The Balaban J connectivity index is 1.64. The van der Waals surface area contributed by atoms with E-state index in [1.807, 2.05) is 24.3 Å².